The van der Waals surface area contributed by atoms with E-state index in [4.69, 9.17) is 0 Å². The van der Waals surface area contributed by atoms with Crippen LogP contribution in [0.15, 0.2) is 78.9 Å². The van der Waals surface area contributed by atoms with E-state index in [1.165, 1.54) is 5.56 Å². The summed E-state index contributed by atoms with van der Waals surface area (Å²) in [5.41, 5.74) is 3.40. The Labute approximate surface area is 114 Å². The minimum Gasteiger partial charge on any atom is -0.508 e. The summed E-state index contributed by atoms with van der Waals surface area (Å²) in [6.45, 7) is 5.91. The van der Waals surface area contributed by atoms with Crippen LogP contribution in [0.3, 0.4) is 0 Å². The Morgan fingerprint density at radius 1 is 1.05 bits per heavy atom. The predicted molar refractivity (Wildman–Crippen MR) is 80.3 cm³/mol. The van der Waals surface area contributed by atoms with E-state index in [9.17, 15) is 5.11 Å². The third-order valence-electron chi connectivity index (χ3n) is 3.24. The monoisotopic (exact) mass is 250 g/mol. The number of phenols is 1. The fourth-order valence-corrected chi connectivity index (χ4v) is 2.33. The molecule has 19 heavy (non-hydrogen) atoms. The second kappa shape index (κ2) is 6.05. The topological polar surface area (TPSA) is 20.2 Å². The quantitative estimate of drug-likeness (QED) is 0.783. The molecule has 0 saturated heterocycles. The summed E-state index contributed by atoms with van der Waals surface area (Å²) in [5, 5.41) is 9.69. The molecule has 1 unspecified atom stereocenters. The number of allylic oxidation sites excluding steroid dienone is 3. The van der Waals surface area contributed by atoms with Gasteiger partial charge in [-0.15, -0.1) is 0 Å². The summed E-state index contributed by atoms with van der Waals surface area (Å²) in [5.74, 6) is 0.397. The first-order valence-electron chi connectivity index (χ1n) is 6.38. The van der Waals surface area contributed by atoms with E-state index >= 15 is 0 Å². The zero-order valence-corrected chi connectivity index (χ0v) is 11.1. The highest BCUT2D eigenvalue weighted by Crippen LogP contribution is 2.33. The largest absolute Gasteiger partial charge is 0.508 e. The maximum absolute atomic E-state index is 9.69. The molecule has 1 N–H and O–H groups in total. The van der Waals surface area contributed by atoms with Crippen molar-refractivity contribution in [2.75, 3.05) is 0 Å². The molecule has 1 nitrogen and oxygen atoms in total. The molecule has 0 heterocycles. The van der Waals surface area contributed by atoms with Gasteiger partial charge < -0.3 is 5.11 Å². The van der Waals surface area contributed by atoms with E-state index in [0.29, 0.717) is 0 Å². The van der Waals surface area contributed by atoms with Gasteiger partial charge in [-0.3, -0.25) is 0 Å². The molecule has 0 aliphatic heterocycles. The van der Waals surface area contributed by atoms with Gasteiger partial charge in [-0.25, -0.2) is 0 Å². The SMILES string of the molecule is C=C/C(=C\C)C(c1ccccc1)c1cccc(O)c1. The number of rotatable bonds is 4. The van der Waals surface area contributed by atoms with E-state index in [-0.39, 0.29) is 11.7 Å². The molecule has 0 fully saturated rings. The summed E-state index contributed by atoms with van der Waals surface area (Å²) in [7, 11) is 0. The summed E-state index contributed by atoms with van der Waals surface area (Å²) < 4.78 is 0. The van der Waals surface area contributed by atoms with Crippen molar-refractivity contribution in [1.29, 1.82) is 0 Å². The maximum atomic E-state index is 9.69. The van der Waals surface area contributed by atoms with Crippen LogP contribution in [-0.4, -0.2) is 5.11 Å². The Morgan fingerprint density at radius 2 is 1.74 bits per heavy atom. The molecule has 96 valence electrons. The summed E-state index contributed by atoms with van der Waals surface area (Å²) in [4.78, 5) is 0. The van der Waals surface area contributed by atoms with Gasteiger partial charge in [0, 0.05) is 5.92 Å². The standard InChI is InChI=1S/C18H18O/c1-3-14(4-2)18(15-9-6-5-7-10-15)16-11-8-12-17(19)13-16/h3-13,18-19H,1H2,2H3/b14-4+. The van der Waals surface area contributed by atoms with E-state index in [2.05, 4.69) is 24.8 Å². The summed E-state index contributed by atoms with van der Waals surface area (Å²) >= 11 is 0. The lowest BCUT2D eigenvalue weighted by Gasteiger charge is -2.19. The van der Waals surface area contributed by atoms with Crippen LogP contribution in [0, 0.1) is 0 Å². The van der Waals surface area contributed by atoms with Crippen LogP contribution in [0.2, 0.25) is 0 Å². The average Bonchev–Trinajstić information content (AvgIpc) is 2.45. The third kappa shape index (κ3) is 2.94. The Balaban J connectivity index is 2.55. The van der Waals surface area contributed by atoms with Crippen LogP contribution in [-0.2, 0) is 0 Å². The smallest absolute Gasteiger partial charge is 0.115 e. The van der Waals surface area contributed by atoms with Gasteiger partial charge in [0.2, 0.25) is 0 Å². The second-order valence-corrected chi connectivity index (χ2v) is 4.43. The molecule has 0 bridgehead atoms. The third-order valence-corrected chi connectivity index (χ3v) is 3.24. The highest BCUT2D eigenvalue weighted by molar-refractivity contribution is 5.46. The van der Waals surface area contributed by atoms with Gasteiger partial charge in [0.1, 0.15) is 5.75 Å². The number of aromatic hydroxyl groups is 1. The predicted octanol–water partition coefficient (Wildman–Crippen LogP) is 4.66. The highest BCUT2D eigenvalue weighted by atomic mass is 16.3. The molecule has 1 heteroatoms. The van der Waals surface area contributed by atoms with E-state index < -0.39 is 0 Å². The Morgan fingerprint density at radius 3 is 2.32 bits per heavy atom. The molecule has 0 spiro atoms. The Hall–Kier alpha value is -2.28. The van der Waals surface area contributed by atoms with E-state index in [1.807, 2.05) is 49.4 Å². The lowest BCUT2D eigenvalue weighted by molar-refractivity contribution is 0.474. The molecule has 0 radical (unpaired) electrons. The van der Waals surface area contributed by atoms with Gasteiger partial charge in [0.05, 0.1) is 0 Å². The summed E-state index contributed by atoms with van der Waals surface area (Å²) in [6, 6.07) is 17.7. The molecule has 0 saturated carbocycles. The lowest BCUT2D eigenvalue weighted by atomic mass is 9.84. The van der Waals surface area contributed by atoms with Crippen molar-refractivity contribution in [1.82, 2.24) is 0 Å². The van der Waals surface area contributed by atoms with Gasteiger partial charge in [-0.1, -0.05) is 61.2 Å². The molecule has 0 aliphatic carbocycles. The molecular formula is C18H18O. The second-order valence-electron chi connectivity index (χ2n) is 4.43. The molecule has 2 rings (SSSR count). The first-order valence-corrected chi connectivity index (χ1v) is 6.38. The maximum Gasteiger partial charge on any atom is 0.115 e. The fourth-order valence-electron chi connectivity index (χ4n) is 2.33. The molecule has 1 atom stereocenters. The molecule has 2 aromatic carbocycles. The molecule has 0 amide bonds. The number of hydrogen-bond acceptors (Lipinski definition) is 1. The summed E-state index contributed by atoms with van der Waals surface area (Å²) in [6.07, 6.45) is 3.94. The van der Waals surface area contributed by atoms with Gasteiger partial charge in [0.25, 0.3) is 0 Å². The number of benzene rings is 2. The fraction of sp³-hybridized carbons (Fsp3) is 0.111. The lowest BCUT2D eigenvalue weighted by Crippen LogP contribution is -2.03. The van der Waals surface area contributed by atoms with Crippen molar-refractivity contribution in [2.24, 2.45) is 0 Å². The highest BCUT2D eigenvalue weighted by Gasteiger charge is 2.16. The van der Waals surface area contributed by atoms with Gasteiger partial charge in [-0.05, 0) is 35.8 Å². The van der Waals surface area contributed by atoms with Crippen molar-refractivity contribution in [2.45, 2.75) is 12.8 Å². The molecule has 2 aromatic rings. The number of hydrogen-bond donors (Lipinski definition) is 1. The zero-order chi connectivity index (χ0) is 13.7. The van der Waals surface area contributed by atoms with Gasteiger partial charge >= 0.3 is 0 Å². The first kappa shape index (κ1) is 13.2. The van der Waals surface area contributed by atoms with Crippen molar-refractivity contribution in [3.8, 4) is 5.75 Å². The first-order chi connectivity index (χ1) is 9.26. The van der Waals surface area contributed by atoms with Crippen LogP contribution in [0.25, 0.3) is 0 Å². The zero-order valence-electron chi connectivity index (χ0n) is 11.1. The molecule has 0 aromatic heterocycles. The van der Waals surface area contributed by atoms with Crippen LogP contribution in [0.4, 0.5) is 0 Å². The van der Waals surface area contributed by atoms with Crippen LogP contribution in [0.5, 0.6) is 5.75 Å². The number of phenolic OH excluding ortho intramolecular Hbond substituents is 1. The van der Waals surface area contributed by atoms with Crippen molar-refractivity contribution in [3.63, 3.8) is 0 Å². The van der Waals surface area contributed by atoms with Gasteiger partial charge in [0.15, 0.2) is 0 Å². The Kier molecular flexibility index (Phi) is 4.19. The van der Waals surface area contributed by atoms with Crippen LogP contribution < -0.4 is 0 Å². The van der Waals surface area contributed by atoms with Crippen LogP contribution >= 0.6 is 0 Å². The molecular weight excluding hydrogens is 232 g/mol. The van der Waals surface area contributed by atoms with E-state index in [1.54, 1.807) is 6.07 Å². The van der Waals surface area contributed by atoms with Crippen molar-refractivity contribution >= 4 is 0 Å². The van der Waals surface area contributed by atoms with E-state index in [0.717, 1.165) is 11.1 Å². The van der Waals surface area contributed by atoms with Crippen molar-refractivity contribution < 1.29 is 5.11 Å². The molecule has 0 aliphatic rings. The normalized spacial score (nSPS) is 13.0. The minimum absolute atomic E-state index is 0.107. The van der Waals surface area contributed by atoms with Crippen molar-refractivity contribution in [3.05, 3.63) is 90.0 Å². The Bertz CT molecular complexity index is 582. The van der Waals surface area contributed by atoms with Gasteiger partial charge in [-0.2, -0.15) is 0 Å². The minimum atomic E-state index is 0.107. The van der Waals surface area contributed by atoms with Crippen LogP contribution in [0.1, 0.15) is 24.0 Å². The average molecular weight is 250 g/mol.